The molecule has 0 saturated carbocycles. The first kappa shape index (κ1) is 19.0. The second-order valence-electron chi connectivity index (χ2n) is 6.97. The van der Waals surface area contributed by atoms with Crippen molar-refractivity contribution < 1.29 is 18.1 Å². The molecule has 29 heavy (non-hydrogen) atoms. The maximum absolute atomic E-state index is 13.1. The van der Waals surface area contributed by atoms with Gasteiger partial charge in [0, 0.05) is 24.7 Å². The van der Waals surface area contributed by atoms with Gasteiger partial charge in [-0.05, 0) is 60.9 Å². The van der Waals surface area contributed by atoms with E-state index in [4.69, 9.17) is 4.52 Å². The molecular weight excluding hydrogens is 376 g/mol. The van der Waals surface area contributed by atoms with E-state index >= 15 is 0 Å². The van der Waals surface area contributed by atoms with Crippen LogP contribution in [-0.2, 0) is 4.79 Å². The van der Waals surface area contributed by atoms with Gasteiger partial charge in [-0.3, -0.25) is 4.79 Å². The van der Waals surface area contributed by atoms with Crippen LogP contribution in [-0.4, -0.2) is 34.0 Å². The third-order valence-electron chi connectivity index (χ3n) is 4.91. The molecule has 7 heteroatoms. The number of halogens is 2. The Bertz CT molecular complexity index is 1010. The van der Waals surface area contributed by atoms with Gasteiger partial charge < -0.3 is 9.42 Å². The summed E-state index contributed by atoms with van der Waals surface area (Å²) in [5.74, 6) is 0.0782. The number of carbonyl (C=O) groups excluding carboxylic acids is 1. The first-order chi connectivity index (χ1) is 14.1. The molecule has 4 rings (SSSR count). The molecule has 0 spiro atoms. The lowest BCUT2D eigenvalue weighted by molar-refractivity contribution is -0.127. The van der Waals surface area contributed by atoms with Crippen molar-refractivity contribution in [2.45, 2.75) is 18.8 Å². The zero-order valence-electron chi connectivity index (χ0n) is 15.6. The van der Waals surface area contributed by atoms with Crippen LogP contribution in [0.3, 0.4) is 0 Å². The molecule has 1 aliphatic heterocycles. The minimum absolute atomic E-state index is 0.0476. The van der Waals surface area contributed by atoms with Crippen LogP contribution in [0.15, 0.2) is 59.1 Å². The minimum Gasteiger partial charge on any atom is -0.339 e. The van der Waals surface area contributed by atoms with Gasteiger partial charge in [0.25, 0.3) is 0 Å². The molecule has 5 nitrogen and oxygen atoms in total. The maximum atomic E-state index is 13.1. The number of piperidine rings is 1. The first-order valence-corrected chi connectivity index (χ1v) is 9.40. The number of hydrogen-bond donors (Lipinski definition) is 0. The van der Waals surface area contributed by atoms with E-state index in [0.29, 0.717) is 30.4 Å². The SMILES string of the molecule is O=C(/C=C/c1ccc(F)cc1)N1CCC[C@H](c2nc(-c3ccc(F)cc3)no2)C1. The monoisotopic (exact) mass is 395 g/mol. The number of rotatable bonds is 4. The Morgan fingerprint density at radius 3 is 2.48 bits per heavy atom. The highest BCUT2D eigenvalue weighted by Crippen LogP contribution is 2.28. The Labute approximate surface area is 166 Å². The van der Waals surface area contributed by atoms with Gasteiger partial charge in [-0.2, -0.15) is 4.98 Å². The largest absolute Gasteiger partial charge is 0.339 e. The van der Waals surface area contributed by atoms with E-state index in [2.05, 4.69) is 10.1 Å². The van der Waals surface area contributed by atoms with E-state index in [1.54, 1.807) is 35.2 Å². The van der Waals surface area contributed by atoms with Crippen molar-refractivity contribution in [1.29, 1.82) is 0 Å². The zero-order valence-corrected chi connectivity index (χ0v) is 15.6. The summed E-state index contributed by atoms with van der Waals surface area (Å²) in [7, 11) is 0. The van der Waals surface area contributed by atoms with Crippen molar-refractivity contribution in [2.24, 2.45) is 0 Å². The van der Waals surface area contributed by atoms with Gasteiger partial charge in [0.2, 0.25) is 17.6 Å². The number of aromatic nitrogens is 2. The Morgan fingerprint density at radius 2 is 1.76 bits per heavy atom. The maximum Gasteiger partial charge on any atom is 0.246 e. The van der Waals surface area contributed by atoms with E-state index in [-0.39, 0.29) is 23.5 Å². The van der Waals surface area contributed by atoms with Crippen LogP contribution in [0, 0.1) is 11.6 Å². The van der Waals surface area contributed by atoms with Crippen molar-refractivity contribution in [3.05, 3.63) is 77.7 Å². The quantitative estimate of drug-likeness (QED) is 0.613. The average molecular weight is 395 g/mol. The van der Waals surface area contributed by atoms with Crippen molar-refractivity contribution in [2.75, 3.05) is 13.1 Å². The standard InChI is InChI=1S/C22H19F2N3O2/c23-18-8-3-15(4-9-18)5-12-20(28)27-13-1-2-17(14-27)22-25-21(26-29-22)16-6-10-19(24)11-7-16/h3-12,17H,1-2,13-14H2/b12-5+/t17-/m0/s1. The molecule has 1 aromatic heterocycles. The Morgan fingerprint density at radius 1 is 1.07 bits per heavy atom. The van der Waals surface area contributed by atoms with Crippen molar-refractivity contribution >= 4 is 12.0 Å². The van der Waals surface area contributed by atoms with Gasteiger partial charge in [0.15, 0.2) is 0 Å². The molecule has 148 valence electrons. The predicted molar refractivity (Wildman–Crippen MR) is 104 cm³/mol. The van der Waals surface area contributed by atoms with E-state index < -0.39 is 0 Å². The first-order valence-electron chi connectivity index (χ1n) is 9.40. The van der Waals surface area contributed by atoms with Crippen LogP contribution < -0.4 is 0 Å². The van der Waals surface area contributed by atoms with Gasteiger partial charge in [-0.15, -0.1) is 0 Å². The number of benzene rings is 2. The average Bonchev–Trinajstić information content (AvgIpc) is 3.24. The second-order valence-corrected chi connectivity index (χ2v) is 6.97. The van der Waals surface area contributed by atoms with Crippen LogP contribution in [0.25, 0.3) is 17.5 Å². The smallest absolute Gasteiger partial charge is 0.246 e. The highest BCUT2D eigenvalue weighted by Gasteiger charge is 2.28. The molecule has 1 saturated heterocycles. The molecule has 2 heterocycles. The number of nitrogens with zero attached hydrogens (tertiary/aromatic N) is 3. The van der Waals surface area contributed by atoms with Crippen LogP contribution in [0.4, 0.5) is 8.78 Å². The van der Waals surface area contributed by atoms with Gasteiger partial charge in [-0.25, -0.2) is 8.78 Å². The molecule has 0 radical (unpaired) electrons. The minimum atomic E-state index is -0.326. The summed E-state index contributed by atoms with van der Waals surface area (Å²) in [5.41, 5.74) is 1.43. The summed E-state index contributed by atoms with van der Waals surface area (Å²) in [6.45, 7) is 1.14. The van der Waals surface area contributed by atoms with E-state index in [9.17, 15) is 13.6 Å². The van der Waals surface area contributed by atoms with Crippen molar-refractivity contribution in [1.82, 2.24) is 15.0 Å². The van der Waals surface area contributed by atoms with E-state index in [1.807, 2.05) is 0 Å². The Kier molecular flexibility index (Phi) is 5.46. The lowest BCUT2D eigenvalue weighted by Gasteiger charge is -2.30. The highest BCUT2D eigenvalue weighted by molar-refractivity contribution is 5.91. The molecule has 1 amide bonds. The highest BCUT2D eigenvalue weighted by atomic mass is 19.1. The summed E-state index contributed by atoms with van der Waals surface area (Å²) in [5, 5.41) is 3.99. The summed E-state index contributed by atoms with van der Waals surface area (Å²) in [4.78, 5) is 18.7. The third-order valence-corrected chi connectivity index (χ3v) is 4.91. The predicted octanol–water partition coefficient (Wildman–Crippen LogP) is 4.43. The number of likely N-dealkylation sites (tertiary alicyclic amines) is 1. The van der Waals surface area contributed by atoms with E-state index in [1.165, 1.54) is 30.3 Å². The molecule has 0 bridgehead atoms. The summed E-state index contributed by atoms with van der Waals surface area (Å²) >= 11 is 0. The Hall–Kier alpha value is -3.35. The molecule has 1 fully saturated rings. The van der Waals surface area contributed by atoms with Crippen LogP contribution in [0.5, 0.6) is 0 Å². The molecule has 3 aromatic rings. The summed E-state index contributed by atoms with van der Waals surface area (Å²) in [6, 6.07) is 11.8. The van der Waals surface area contributed by atoms with Crippen molar-refractivity contribution in [3.8, 4) is 11.4 Å². The molecule has 1 aliphatic rings. The van der Waals surface area contributed by atoms with Gasteiger partial charge >= 0.3 is 0 Å². The third kappa shape index (κ3) is 4.56. The van der Waals surface area contributed by atoms with E-state index in [0.717, 1.165) is 18.4 Å². The number of hydrogen-bond acceptors (Lipinski definition) is 4. The normalized spacial score (nSPS) is 17.0. The molecule has 1 atom stereocenters. The molecule has 0 N–H and O–H groups in total. The van der Waals surface area contributed by atoms with Gasteiger partial charge in [0.1, 0.15) is 11.6 Å². The molecule has 2 aromatic carbocycles. The summed E-state index contributed by atoms with van der Waals surface area (Å²) in [6.07, 6.45) is 4.84. The number of amides is 1. The topological polar surface area (TPSA) is 59.2 Å². The van der Waals surface area contributed by atoms with Crippen LogP contribution in [0.1, 0.15) is 30.2 Å². The lowest BCUT2D eigenvalue weighted by Crippen LogP contribution is -2.38. The molecule has 0 unspecified atom stereocenters. The fourth-order valence-corrected chi connectivity index (χ4v) is 3.34. The second kappa shape index (κ2) is 8.34. The van der Waals surface area contributed by atoms with Crippen LogP contribution >= 0.6 is 0 Å². The molecule has 0 aliphatic carbocycles. The molecular formula is C22H19F2N3O2. The van der Waals surface area contributed by atoms with Gasteiger partial charge in [-0.1, -0.05) is 17.3 Å². The lowest BCUT2D eigenvalue weighted by atomic mass is 9.98. The van der Waals surface area contributed by atoms with Crippen molar-refractivity contribution in [3.63, 3.8) is 0 Å². The number of carbonyl (C=O) groups is 1. The van der Waals surface area contributed by atoms with Crippen LogP contribution in [0.2, 0.25) is 0 Å². The van der Waals surface area contributed by atoms with Gasteiger partial charge in [0.05, 0.1) is 5.92 Å². The Balaban J connectivity index is 1.42. The zero-order chi connectivity index (χ0) is 20.2. The fraction of sp³-hybridized carbons (Fsp3) is 0.227. The fourth-order valence-electron chi connectivity index (χ4n) is 3.34. The summed E-state index contributed by atoms with van der Waals surface area (Å²) < 4.78 is 31.5.